The summed E-state index contributed by atoms with van der Waals surface area (Å²) in [5.41, 5.74) is 0. The molecule has 0 amide bonds. The molecule has 0 radical (unpaired) electrons. The van der Waals surface area contributed by atoms with Crippen LogP contribution in [-0.4, -0.2) is 14.8 Å². The predicted molar refractivity (Wildman–Crippen MR) is 48.4 cm³/mol. The van der Waals surface area contributed by atoms with Gasteiger partial charge in [0.2, 0.25) is 0 Å². The molecule has 2 aliphatic rings. The van der Waals surface area contributed by atoms with Gasteiger partial charge in [-0.1, -0.05) is 24.3 Å². The van der Waals surface area contributed by atoms with Crippen LogP contribution in [0.15, 0.2) is 37.0 Å². The van der Waals surface area contributed by atoms with Crippen LogP contribution in [0.2, 0.25) is 0 Å². The number of rotatable bonds is 2. The lowest BCUT2D eigenvalue weighted by Crippen LogP contribution is -2.22. The Morgan fingerprint density at radius 3 is 2.82 bits per heavy atom. The zero-order valence-corrected chi connectivity index (χ0v) is 6.97. The van der Waals surface area contributed by atoms with Crippen molar-refractivity contribution in [2.24, 2.45) is 0 Å². The first-order valence-corrected chi connectivity index (χ1v) is 4.45. The van der Waals surface area contributed by atoms with Crippen LogP contribution < -0.4 is 0 Å². The highest BCUT2D eigenvalue weighted by Crippen LogP contribution is 2.66. The van der Waals surface area contributed by atoms with Gasteiger partial charge in [0.15, 0.2) is 0 Å². The summed E-state index contributed by atoms with van der Waals surface area (Å²) in [4.78, 5) is -0.629. The third kappa shape index (κ3) is 0.829. The minimum absolute atomic E-state index is 0.0799. The maximum Gasteiger partial charge on any atom is 0.149 e. The number of hydrogen-bond donors (Lipinski definition) is 1. The molecule has 2 heteroatoms. The molecule has 0 aromatic rings. The Morgan fingerprint density at radius 2 is 2.18 bits per heavy atom. The molecule has 1 saturated heterocycles. The molecular formula is C9H10OS. The van der Waals surface area contributed by atoms with Crippen molar-refractivity contribution in [3.8, 4) is 0 Å². The number of hydrogen-bond acceptors (Lipinski definition) is 2. The summed E-state index contributed by atoms with van der Waals surface area (Å²) in [5.74, 6) is 0. The minimum Gasteiger partial charge on any atom is -0.374 e. The second-order valence-corrected chi connectivity index (χ2v) is 4.45. The van der Waals surface area contributed by atoms with Gasteiger partial charge in [-0.25, -0.2) is 0 Å². The van der Waals surface area contributed by atoms with Crippen molar-refractivity contribution >= 4 is 11.8 Å². The number of aliphatic hydroxyl groups is 1. The van der Waals surface area contributed by atoms with Crippen LogP contribution in [0, 0.1) is 0 Å². The molecule has 0 aromatic carbocycles. The first-order chi connectivity index (χ1) is 5.22. The van der Waals surface area contributed by atoms with E-state index in [2.05, 4.69) is 12.7 Å². The Kier molecular flexibility index (Phi) is 1.32. The Balaban J connectivity index is 2.26. The van der Waals surface area contributed by atoms with Crippen LogP contribution in [0.25, 0.3) is 0 Å². The Morgan fingerprint density at radius 1 is 1.45 bits per heavy atom. The Labute approximate surface area is 70.5 Å². The lowest BCUT2D eigenvalue weighted by atomic mass is 9.95. The highest BCUT2D eigenvalue weighted by Gasteiger charge is 2.65. The molecule has 2 rings (SSSR count). The topological polar surface area (TPSA) is 20.2 Å². The second kappa shape index (κ2) is 2.02. The Hall–Kier alpha value is -0.470. The van der Waals surface area contributed by atoms with Crippen molar-refractivity contribution in [1.29, 1.82) is 0 Å². The lowest BCUT2D eigenvalue weighted by Gasteiger charge is -2.12. The van der Waals surface area contributed by atoms with Gasteiger partial charge in [0.25, 0.3) is 0 Å². The average Bonchev–Trinajstić information content (AvgIpc) is 2.56. The molecule has 1 fully saturated rings. The average molecular weight is 166 g/mol. The van der Waals surface area contributed by atoms with Gasteiger partial charge in [-0.3, -0.25) is 0 Å². The third-order valence-electron chi connectivity index (χ3n) is 2.15. The Bertz CT molecular complexity index is 256. The van der Waals surface area contributed by atoms with Crippen LogP contribution in [-0.2, 0) is 0 Å². The highest BCUT2D eigenvalue weighted by atomic mass is 32.2. The van der Waals surface area contributed by atoms with Crippen LogP contribution in [0.4, 0.5) is 0 Å². The van der Waals surface area contributed by atoms with E-state index in [1.54, 1.807) is 11.8 Å². The first-order valence-electron chi connectivity index (χ1n) is 3.63. The summed E-state index contributed by atoms with van der Waals surface area (Å²) in [6.45, 7) is 3.68. The molecule has 1 nitrogen and oxygen atoms in total. The lowest BCUT2D eigenvalue weighted by molar-refractivity contribution is 0.199. The van der Waals surface area contributed by atoms with Gasteiger partial charge in [-0.15, -0.1) is 18.3 Å². The van der Waals surface area contributed by atoms with E-state index < -0.39 is 4.93 Å². The number of fused-ring (bicyclic) bond motifs is 1. The fourth-order valence-corrected chi connectivity index (χ4v) is 2.67. The van der Waals surface area contributed by atoms with E-state index in [-0.39, 0.29) is 4.75 Å². The molecule has 0 bridgehead atoms. The molecule has 2 atom stereocenters. The summed E-state index contributed by atoms with van der Waals surface area (Å²) in [6.07, 6.45) is 10.5. The number of thioether (sulfide) groups is 1. The van der Waals surface area contributed by atoms with E-state index >= 15 is 0 Å². The maximum absolute atomic E-state index is 9.81. The summed E-state index contributed by atoms with van der Waals surface area (Å²) in [6, 6.07) is 0. The SMILES string of the molecule is C=CCC12C=CC=CC1(O)S2. The van der Waals surface area contributed by atoms with Gasteiger partial charge in [-0.2, -0.15) is 0 Å². The van der Waals surface area contributed by atoms with Gasteiger partial charge in [0.05, 0.1) is 4.75 Å². The van der Waals surface area contributed by atoms with E-state index in [0.29, 0.717) is 0 Å². The van der Waals surface area contributed by atoms with Crippen molar-refractivity contribution in [1.82, 2.24) is 0 Å². The summed E-state index contributed by atoms with van der Waals surface area (Å²) < 4.78 is -0.0799. The van der Waals surface area contributed by atoms with E-state index in [1.807, 2.05) is 24.3 Å². The second-order valence-electron chi connectivity index (χ2n) is 2.90. The number of allylic oxidation sites excluding steroid dienone is 3. The van der Waals surface area contributed by atoms with E-state index in [9.17, 15) is 5.11 Å². The monoisotopic (exact) mass is 166 g/mol. The fourth-order valence-electron chi connectivity index (χ4n) is 1.45. The third-order valence-corrected chi connectivity index (χ3v) is 3.73. The van der Waals surface area contributed by atoms with Crippen LogP contribution >= 0.6 is 11.8 Å². The molecular weight excluding hydrogens is 156 g/mol. The molecule has 1 N–H and O–H groups in total. The fraction of sp³-hybridized carbons (Fsp3) is 0.333. The molecule has 58 valence electrons. The summed E-state index contributed by atoms with van der Waals surface area (Å²) in [7, 11) is 0. The van der Waals surface area contributed by atoms with Gasteiger partial charge in [0, 0.05) is 0 Å². The molecule has 0 saturated carbocycles. The van der Waals surface area contributed by atoms with Gasteiger partial charge < -0.3 is 5.11 Å². The van der Waals surface area contributed by atoms with E-state index in [1.165, 1.54) is 0 Å². The summed E-state index contributed by atoms with van der Waals surface area (Å²) >= 11 is 1.58. The van der Waals surface area contributed by atoms with Gasteiger partial charge >= 0.3 is 0 Å². The molecule has 11 heavy (non-hydrogen) atoms. The van der Waals surface area contributed by atoms with Crippen molar-refractivity contribution in [3.63, 3.8) is 0 Å². The minimum atomic E-state index is -0.629. The van der Waals surface area contributed by atoms with E-state index in [0.717, 1.165) is 6.42 Å². The largest absolute Gasteiger partial charge is 0.374 e. The highest BCUT2D eigenvalue weighted by molar-refractivity contribution is 8.09. The van der Waals surface area contributed by atoms with Crippen molar-refractivity contribution in [2.75, 3.05) is 0 Å². The zero-order chi connectivity index (χ0) is 7.95. The molecule has 0 aromatic heterocycles. The molecule has 1 heterocycles. The van der Waals surface area contributed by atoms with Crippen molar-refractivity contribution in [2.45, 2.75) is 16.1 Å². The quantitative estimate of drug-likeness (QED) is 0.499. The van der Waals surface area contributed by atoms with Crippen molar-refractivity contribution < 1.29 is 5.11 Å². The molecule has 2 unspecified atom stereocenters. The smallest absolute Gasteiger partial charge is 0.149 e. The normalized spacial score (nSPS) is 45.2. The van der Waals surface area contributed by atoms with Crippen LogP contribution in [0.5, 0.6) is 0 Å². The maximum atomic E-state index is 9.81. The first kappa shape index (κ1) is 7.19. The standard InChI is InChI=1S/C9H10OS/c1-2-5-8-6-3-4-7-9(8,10)11-8/h2-4,6-7,10H,1,5H2. The molecule has 1 aliphatic heterocycles. The predicted octanol–water partition coefficient (Wildman–Crippen LogP) is 1.86. The van der Waals surface area contributed by atoms with E-state index in [4.69, 9.17) is 0 Å². The van der Waals surface area contributed by atoms with Gasteiger partial charge in [-0.05, 0) is 12.5 Å². The van der Waals surface area contributed by atoms with Crippen molar-refractivity contribution in [3.05, 3.63) is 37.0 Å². The molecule has 0 spiro atoms. The molecule has 1 aliphatic carbocycles. The summed E-state index contributed by atoms with van der Waals surface area (Å²) in [5, 5.41) is 9.81. The van der Waals surface area contributed by atoms with Crippen LogP contribution in [0.1, 0.15) is 6.42 Å². The van der Waals surface area contributed by atoms with Crippen LogP contribution in [0.3, 0.4) is 0 Å². The zero-order valence-electron chi connectivity index (χ0n) is 6.16. The van der Waals surface area contributed by atoms with Gasteiger partial charge in [0.1, 0.15) is 4.93 Å².